The number of rotatable bonds is 12. The predicted octanol–water partition coefficient (Wildman–Crippen LogP) is -2.61. The normalized spacial score (nSPS) is 13.4. The molecule has 0 spiro atoms. The first-order valence-corrected chi connectivity index (χ1v) is 9.92. The molecule has 178 valence electrons. The summed E-state index contributed by atoms with van der Waals surface area (Å²) < 4.78 is 0. The highest BCUT2D eigenvalue weighted by Crippen LogP contribution is 2.12. The largest absolute Gasteiger partial charge is 0.508 e. The molecule has 0 radical (unpaired) electrons. The highest BCUT2D eigenvalue weighted by atomic mass is 16.4. The van der Waals surface area contributed by atoms with Crippen molar-refractivity contribution in [3.63, 3.8) is 0 Å². The lowest BCUT2D eigenvalue weighted by molar-refractivity contribution is -0.142. The van der Waals surface area contributed by atoms with Gasteiger partial charge in [0.15, 0.2) is 0 Å². The molecule has 33 heavy (non-hydrogen) atoms. The van der Waals surface area contributed by atoms with Gasteiger partial charge in [-0.1, -0.05) is 12.1 Å². The molecule has 0 aliphatic heterocycles. The van der Waals surface area contributed by atoms with Crippen LogP contribution in [0.4, 0.5) is 0 Å². The van der Waals surface area contributed by atoms with Crippen LogP contribution in [0.15, 0.2) is 36.8 Å². The molecule has 3 unspecified atom stereocenters. The second-order valence-corrected chi connectivity index (χ2v) is 7.12. The van der Waals surface area contributed by atoms with Crippen LogP contribution in [-0.2, 0) is 32.0 Å². The number of hydrogen-bond acceptors (Lipinski definition) is 8. The van der Waals surface area contributed by atoms with E-state index in [4.69, 9.17) is 5.73 Å². The van der Waals surface area contributed by atoms with Crippen LogP contribution in [0.2, 0.25) is 0 Å². The Morgan fingerprint density at radius 1 is 0.970 bits per heavy atom. The summed E-state index contributed by atoms with van der Waals surface area (Å²) >= 11 is 0. The molecule has 2 aromatic rings. The molecule has 3 amide bonds. The van der Waals surface area contributed by atoms with Gasteiger partial charge in [-0.05, 0) is 17.7 Å². The number of H-pyrrole nitrogens is 1. The molecule has 0 bridgehead atoms. The van der Waals surface area contributed by atoms with Crippen molar-refractivity contribution in [2.45, 2.75) is 31.0 Å². The number of hydrogen-bond donors (Lipinski definition) is 8. The molecule has 3 atom stereocenters. The number of nitrogens with one attached hydrogen (secondary N) is 4. The Hall–Kier alpha value is -3.97. The fourth-order valence-electron chi connectivity index (χ4n) is 2.89. The Morgan fingerprint density at radius 2 is 1.61 bits per heavy atom. The summed E-state index contributed by atoms with van der Waals surface area (Å²) in [6, 6.07) is 1.90. The van der Waals surface area contributed by atoms with Gasteiger partial charge >= 0.3 is 5.97 Å². The molecule has 1 aromatic heterocycles. The number of aromatic amines is 1. The van der Waals surface area contributed by atoms with E-state index in [1.165, 1.54) is 36.8 Å². The van der Waals surface area contributed by atoms with Crippen LogP contribution in [0.1, 0.15) is 11.3 Å². The summed E-state index contributed by atoms with van der Waals surface area (Å²) in [6.45, 7) is -1.15. The number of nitrogens with zero attached hydrogens (tertiary/aromatic N) is 1. The maximum absolute atomic E-state index is 12.9. The van der Waals surface area contributed by atoms with E-state index in [2.05, 4.69) is 25.9 Å². The minimum atomic E-state index is -1.36. The standard InChI is InChI=1S/C20H26N6O7/c21-7-17(29)24-16(9-27)19(31)25-14(5-11-1-3-13(28)4-2-11)18(30)26-15(20(32)33)6-12-8-22-10-23-12/h1-4,8,10,14-16,27-28H,5-7,9,21H2,(H,22,23)(H,24,29)(H,25,31)(H,26,30)(H,32,33). The number of phenolic OH excluding ortho intramolecular Hbond substituents is 1. The zero-order chi connectivity index (χ0) is 24.4. The summed E-state index contributed by atoms with van der Waals surface area (Å²) in [5.41, 5.74) is 6.24. The smallest absolute Gasteiger partial charge is 0.326 e. The minimum Gasteiger partial charge on any atom is -0.508 e. The first-order chi connectivity index (χ1) is 15.7. The quantitative estimate of drug-likeness (QED) is 0.165. The zero-order valence-corrected chi connectivity index (χ0v) is 17.5. The average Bonchev–Trinajstić information content (AvgIpc) is 3.30. The molecule has 1 aromatic carbocycles. The second kappa shape index (κ2) is 12.2. The van der Waals surface area contributed by atoms with Gasteiger partial charge in [0.1, 0.15) is 23.9 Å². The Bertz CT molecular complexity index is 948. The van der Waals surface area contributed by atoms with Gasteiger partial charge in [-0.15, -0.1) is 0 Å². The summed E-state index contributed by atoms with van der Waals surface area (Å²) in [4.78, 5) is 55.2. The fourth-order valence-corrected chi connectivity index (χ4v) is 2.89. The van der Waals surface area contributed by atoms with E-state index in [0.717, 1.165) is 0 Å². The van der Waals surface area contributed by atoms with Crippen molar-refractivity contribution < 1.29 is 34.5 Å². The fraction of sp³-hybridized carbons (Fsp3) is 0.350. The summed E-state index contributed by atoms with van der Waals surface area (Å²) in [7, 11) is 0. The lowest BCUT2D eigenvalue weighted by atomic mass is 10.0. The molecule has 0 fully saturated rings. The van der Waals surface area contributed by atoms with Gasteiger partial charge in [0.2, 0.25) is 17.7 Å². The first kappa shape index (κ1) is 25.3. The predicted molar refractivity (Wildman–Crippen MR) is 114 cm³/mol. The number of carbonyl (C=O) groups excluding carboxylic acids is 3. The number of amides is 3. The van der Waals surface area contributed by atoms with Gasteiger partial charge in [-0.3, -0.25) is 14.4 Å². The van der Waals surface area contributed by atoms with E-state index < -0.39 is 55.0 Å². The molecule has 9 N–H and O–H groups in total. The number of carbonyl (C=O) groups is 4. The lowest BCUT2D eigenvalue weighted by Crippen LogP contribution is -2.57. The van der Waals surface area contributed by atoms with Crippen LogP contribution in [0, 0.1) is 0 Å². The molecule has 1 heterocycles. The van der Waals surface area contributed by atoms with Crippen molar-refractivity contribution in [1.29, 1.82) is 0 Å². The summed E-state index contributed by atoms with van der Waals surface area (Å²) in [6.07, 6.45) is 2.66. The Kier molecular flexibility index (Phi) is 9.32. The first-order valence-electron chi connectivity index (χ1n) is 9.92. The van der Waals surface area contributed by atoms with Gasteiger partial charge in [-0.25, -0.2) is 9.78 Å². The highest BCUT2D eigenvalue weighted by molar-refractivity contribution is 5.93. The number of aliphatic carboxylic acids is 1. The maximum Gasteiger partial charge on any atom is 0.326 e. The number of carboxylic acids is 1. The Labute approximate surface area is 188 Å². The number of aromatic hydroxyl groups is 1. The average molecular weight is 462 g/mol. The van der Waals surface area contributed by atoms with Crippen LogP contribution in [-0.4, -0.2) is 80.3 Å². The van der Waals surface area contributed by atoms with Crippen molar-refractivity contribution in [3.8, 4) is 5.75 Å². The Balaban J connectivity index is 2.19. The van der Waals surface area contributed by atoms with Crippen LogP contribution in [0.3, 0.4) is 0 Å². The van der Waals surface area contributed by atoms with Gasteiger partial charge < -0.3 is 42.0 Å². The zero-order valence-electron chi connectivity index (χ0n) is 17.5. The number of benzene rings is 1. The number of imidazole rings is 1. The molecule has 0 aliphatic rings. The molecule has 2 rings (SSSR count). The monoisotopic (exact) mass is 462 g/mol. The van der Waals surface area contributed by atoms with Crippen LogP contribution in [0.25, 0.3) is 0 Å². The third-order valence-electron chi connectivity index (χ3n) is 4.62. The van der Waals surface area contributed by atoms with Gasteiger partial charge in [0.25, 0.3) is 0 Å². The molecular weight excluding hydrogens is 436 g/mol. The van der Waals surface area contributed by atoms with Crippen molar-refractivity contribution >= 4 is 23.7 Å². The lowest BCUT2D eigenvalue weighted by Gasteiger charge is -2.24. The molecule has 0 aliphatic carbocycles. The van der Waals surface area contributed by atoms with E-state index in [-0.39, 0.29) is 18.6 Å². The number of phenols is 1. The number of carboxylic acid groups (broad SMARTS) is 1. The van der Waals surface area contributed by atoms with Crippen molar-refractivity contribution in [2.24, 2.45) is 5.73 Å². The van der Waals surface area contributed by atoms with E-state index in [0.29, 0.717) is 11.3 Å². The summed E-state index contributed by atoms with van der Waals surface area (Å²) in [5.74, 6) is -3.65. The van der Waals surface area contributed by atoms with Crippen molar-refractivity contribution in [1.82, 2.24) is 25.9 Å². The SMILES string of the molecule is NCC(=O)NC(CO)C(=O)NC(Cc1ccc(O)cc1)C(=O)NC(Cc1cnc[nH]1)C(=O)O. The third kappa shape index (κ3) is 7.90. The molecule has 0 saturated heterocycles. The topological polar surface area (TPSA) is 220 Å². The molecule has 13 heteroatoms. The third-order valence-corrected chi connectivity index (χ3v) is 4.62. The van der Waals surface area contributed by atoms with Crippen LogP contribution in [0.5, 0.6) is 5.75 Å². The van der Waals surface area contributed by atoms with E-state index in [1.54, 1.807) is 0 Å². The maximum atomic E-state index is 12.9. The number of aliphatic hydroxyl groups is 1. The van der Waals surface area contributed by atoms with Crippen molar-refractivity contribution in [2.75, 3.05) is 13.2 Å². The Morgan fingerprint density at radius 3 is 2.15 bits per heavy atom. The van der Waals surface area contributed by atoms with Gasteiger partial charge in [0, 0.05) is 24.7 Å². The van der Waals surface area contributed by atoms with E-state index >= 15 is 0 Å². The van der Waals surface area contributed by atoms with E-state index in [9.17, 15) is 34.5 Å². The molecule has 0 saturated carbocycles. The number of aliphatic hydroxyl groups excluding tert-OH is 1. The van der Waals surface area contributed by atoms with Gasteiger partial charge in [-0.2, -0.15) is 0 Å². The van der Waals surface area contributed by atoms with E-state index in [1.807, 2.05) is 0 Å². The number of aromatic nitrogens is 2. The molecular formula is C20H26N6O7. The second-order valence-electron chi connectivity index (χ2n) is 7.12. The van der Waals surface area contributed by atoms with Crippen LogP contribution >= 0.6 is 0 Å². The van der Waals surface area contributed by atoms with Crippen LogP contribution < -0.4 is 21.7 Å². The molecule has 13 nitrogen and oxygen atoms in total. The highest BCUT2D eigenvalue weighted by Gasteiger charge is 2.29. The minimum absolute atomic E-state index is 0.000808. The van der Waals surface area contributed by atoms with Crippen molar-refractivity contribution in [3.05, 3.63) is 48.0 Å². The summed E-state index contributed by atoms with van der Waals surface area (Å²) in [5, 5.41) is 35.4. The van der Waals surface area contributed by atoms with Gasteiger partial charge in [0.05, 0.1) is 19.5 Å². The number of nitrogens with two attached hydrogens (primary N) is 1.